The molecule has 184 valence electrons. The first-order valence-corrected chi connectivity index (χ1v) is 13.0. The van der Waals surface area contributed by atoms with E-state index in [-0.39, 0.29) is 23.3 Å². The first kappa shape index (κ1) is 25.5. The fourth-order valence-electron chi connectivity index (χ4n) is 3.59. The van der Waals surface area contributed by atoms with Crippen molar-refractivity contribution in [3.8, 4) is 17.1 Å². The standard InChI is InChI=1S/C26H24BrN5O3S/c1-3-32-24(20-14-17(27)11-12-22(20)33)30-31-26(32)36-15-23(34)29-21-10-5-4-9-19(21)25(35)28-18-8-6-7-16(2)13-18/h4-14,33H,3,15H2,1-2H3,(H,28,35)(H,29,34). The summed E-state index contributed by atoms with van der Waals surface area (Å²) in [5.74, 6) is 0.0744. The van der Waals surface area contributed by atoms with Crippen LogP contribution >= 0.6 is 27.7 Å². The molecule has 3 aromatic carbocycles. The molecule has 4 rings (SSSR count). The third kappa shape index (κ3) is 5.95. The van der Waals surface area contributed by atoms with Crippen molar-refractivity contribution in [2.75, 3.05) is 16.4 Å². The molecule has 0 fully saturated rings. The summed E-state index contributed by atoms with van der Waals surface area (Å²) in [4.78, 5) is 25.6. The zero-order valence-electron chi connectivity index (χ0n) is 19.7. The lowest BCUT2D eigenvalue weighted by Crippen LogP contribution is -2.19. The summed E-state index contributed by atoms with van der Waals surface area (Å²) in [7, 11) is 0. The maximum Gasteiger partial charge on any atom is 0.257 e. The number of phenolic OH excluding ortho intramolecular Hbond substituents is 1. The number of benzene rings is 3. The van der Waals surface area contributed by atoms with Gasteiger partial charge in [0.15, 0.2) is 11.0 Å². The van der Waals surface area contributed by atoms with Gasteiger partial charge >= 0.3 is 0 Å². The Labute approximate surface area is 221 Å². The second-order valence-corrected chi connectivity index (χ2v) is 9.78. The number of hydrogen-bond acceptors (Lipinski definition) is 6. The van der Waals surface area contributed by atoms with Gasteiger partial charge in [-0.3, -0.25) is 9.59 Å². The number of nitrogens with one attached hydrogen (secondary N) is 2. The fourth-order valence-corrected chi connectivity index (χ4v) is 4.76. The average molecular weight is 566 g/mol. The number of carbonyl (C=O) groups is 2. The van der Waals surface area contributed by atoms with Crippen molar-refractivity contribution in [1.29, 1.82) is 0 Å². The Balaban J connectivity index is 1.45. The van der Waals surface area contributed by atoms with E-state index in [1.165, 1.54) is 11.8 Å². The number of amides is 2. The Morgan fingerprint density at radius 1 is 1.03 bits per heavy atom. The van der Waals surface area contributed by atoms with E-state index in [0.717, 1.165) is 10.0 Å². The Morgan fingerprint density at radius 3 is 2.61 bits per heavy atom. The highest BCUT2D eigenvalue weighted by molar-refractivity contribution is 9.10. The van der Waals surface area contributed by atoms with E-state index in [1.807, 2.05) is 42.7 Å². The van der Waals surface area contributed by atoms with Gasteiger partial charge in [0.25, 0.3) is 5.91 Å². The molecule has 0 radical (unpaired) electrons. The van der Waals surface area contributed by atoms with E-state index in [1.54, 1.807) is 42.5 Å². The van der Waals surface area contributed by atoms with Crippen LogP contribution in [0.5, 0.6) is 5.75 Å². The summed E-state index contributed by atoms with van der Waals surface area (Å²) in [6.07, 6.45) is 0. The number of aromatic hydroxyl groups is 1. The molecule has 8 nitrogen and oxygen atoms in total. The number of rotatable bonds is 8. The molecule has 10 heteroatoms. The minimum Gasteiger partial charge on any atom is -0.507 e. The number of para-hydroxylation sites is 1. The van der Waals surface area contributed by atoms with Crippen LogP contribution in [0, 0.1) is 6.92 Å². The molecule has 0 aliphatic rings. The predicted octanol–water partition coefficient (Wildman–Crippen LogP) is 5.72. The van der Waals surface area contributed by atoms with Crippen LogP contribution in [0.1, 0.15) is 22.8 Å². The number of thioether (sulfide) groups is 1. The molecule has 1 heterocycles. The van der Waals surface area contributed by atoms with Gasteiger partial charge in [0.1, 0.15) is 5.75 Å². The molecule has 0 atom stereocenters. The molecule has 0 aliphatic carbocycles. The maximum atomic E-state index is 12.9. The second-order valence-electron chi connectivity index (χ2n) is 7.92. The fraction of sp³-hybridized carbons (Fsp3) is 0.154. The van der Waals surface area contributed by atoms with Crippen molar-refractivity contribution in [3.05, 3.63) is 82.3 Å². The molecule has 0 saturated heterocycles. The Kier molecular flexibility index (Phi) is 8.07. The first-order chi connectivity index (χ1) is 17.4. The van der Waals surface area contributed by atoms with E-state index >= 15 is 0 Å². The molecular formula is C26H24BrN5O3S. The number of aromatic nitrogens is 3. The van der Waals surface area contributed by atoms with Crippen molar-refractivity contribution < 1.29 is 14.7 Å². The predicted molar refractivity (Wildman–Crippen MR) is 145 cm³/mol. The molecule has 0 bridgehead atoms. The molecule has 0 saturated carbocycles. The molecule has 0 unspecified atom stereocenters. The van der Waals surface area contributed by atoms with E-state index in [9.17, 15) is 14.7 Å². The number of nitrogens with zero attached hydrogens (tertiary/aromatic N) is 3. The van der Waals surface area contributed by atoms with Crippen molar-refractivity contribution in [3.63, 3.8) is 0 Å². The van der Waals surface area contributed by atoms with Gasteiger partial charge in [-0.1, -0.05) is 52.0 Å². The van der Waals surface area contributed by atoms with Gasteiger partial charge in [-0.25, -0.2) is 0 Å². The first-order valence-electron chi connectivity index (χ1n) is 11.2. The van der Waals surface area contributed by atoms with Gasteiger partial charge in [0.05, 0.1) is 22.6 Å². The van der Waals surface area contributed by atoms with E-state index in [4.69, 9.17) is 0 Å². The number of hydrogen-bond donors (Lipinski definition) is 3. The van der Waals surface area contributed by atoms with Gasteiger partial charge in [0, 0.05) is 16.7 Å². The Hall–Kier alpha value is -3.63. The van der Waals surface area contributed by atoms with Crippen LogP contribution < -0.4 is 10.6 Å². The van der Waals surface area contributed by atoms with Crippen molar-refractivity contribution in [1.82, 2.24) is 14.8 Å². The van der Waals surface area contributed by atoms with Gasteiger partial charge in [0.2, 0.25) is 5.91 Å². The van der Waals surface area contributed by atoms with Gasteiger partial charge in [-0.05, 0) is 61.9 Å². The molecule has 0 spiro atoms. The molecule has 3 N–H and O–H groups in total. The van der Waals surface area contributed by atoms with Crippen LogP contribution in [-0.2, 0) is 11.3 Å². The van der Waals surface area contributed by atoms with Crippen LogP contribution in [0.2, 0.25) is 0 Å². The average Bonchev–Trinajstić information content (AvgIpc) is 3.27. The lowest BCUT2D eigenvalue weighted by Gasteiger charge is -2.12. The minimum absolute atomic E-state index is 0.0659. The third-order valence-electron chi connectivity index (χ3n) is 5.29. The number of aryl methyl sites for hydroxylation is 1. The summed E-state index contributed by atoms with van der Waals surface area (Å²) in [5.41, 5.74) is 3.04. The van der Waals surface area contributed by atoms with Crippen LogP contribution in [0.4, 0.5) is 11.4 Å². The summed E-state index contributed by atoms with van der Waals surface area (Å²) < 4.78 is 2.64. The number of phenols is 1. The lowest BCUT2D eigenvalue weighted by atomic mass is 10.1. The Bertz CT molecular complexity index is 1420. The molecule has 4 aromatic rings. The minimum atomic E-state index is -0.312. The summed E-state index contributed by atoms with van der Waals surface area (Å²) in [6, 6.07) is 19.5. The van der Waals surface area contributed by atoms with Crippen LogP contribution in [0.15, 0.2) is 76.4 Å². The van der Waals surface area contributed by atoms with E-state index in [0.29, 0.717) is 40.0 Å². The molecule has 0 aliphatic heterocycles. The van der Waals surface area contributed by atoms with E-state index < -0.39 is 0 Å². The smallest absolute Gasteiger partial charge is 0.257 e. The van der Waals surface area contributed by atoms with Crippen molar-refractivity contribution >= 4 is 50.9 Å². The highest BCUT2D eigenvalue weighted by Gasteiger charge is 2.18. The van der Waals surface area contributed by atoms with Crippen LogP contribution in [0.3, 0.4) is 0 Å². The largest absolute Gasteiger partial charge is 0.507 e. The molecular weight excluding hydrogens is 542 g/mol. The van der Waals surface area contributed by atoms with Gasteiger partial charge < -0.3 is 20.3 Å². The zero-order valence-corrected chi connectivity index (χ0v) is 22.1. The number of halogens is 1. The molecule has 2 amide bonds. The monoisotopic (exact) mass is 565 g/mol. The molecule has 36 heavy (non-hydrogen) atoms. The highest BCUT2D eigenvalue weighted by Crippen LogP contribution is 2.32. The summed E-state index contributed by atoms with van der Waals surface area (Å²) >= 11 is 4.64. The van der Waals surface area contributed by atoms with Crippen molar-refractivity contribution in [2.24, 2.45) is 0 Å². The van der Waals surface area contributed by atoms with Crippen LogP contribution in [-0.4, -0.2) is 37.4 Å². The number of carbonyl (C=O) groups excluding carboxylic acids is 2. The van der Waals surface area contributed by atoms with Crippen molar-refractivity contribution in [2.45, 2.75) is 25.5 Å². The SMILES string of the molecule is CCn1c(SCC(=O)Nc2ccccc2C(=O)Nc2cccc(C)c2)nnc1-c1cc(Br)ccc1O. The third-order valence-corrected chi connectivity index (χ3v) is 6.75. The zero-order chi connectivity index (χ0) is 25.7. The van der Waals surface area contributed by atoms with Gasteiger partial charge in [-0.15, -0.1) is 10.2 Å². The summed E-state index contributed by atoms with van der Waals surface area (Å²) in [6.45, 7) is 4.45. The summed E-state index contributed by atoms with van der Waals surface area (Å²) in [5, 5.41) is 25.0. The van der Waals surface area contributed by atoms with E-state index in [2.05, 4.69) is 36.8 Å². The maximum absolute atomic E-state index is 12.9. The quantitative estimate of drug-likeness (QED) is 0.235. The topological polar surface area (TPSA) is 109 Å². The molecule has 1 aromatic heterocycles. The van der Waals surface area contributed by atoms with Crippen LogP contribution in [0.25, 0.3) is 11.4 Å². The van der Waals surface area contributed by atoms with Gasteiger partial charge in [-0.2, -0.15) is 0 Å². The lowest BCUT2D eigenvalue weighted by molar-refractivity contribution is -0.113. The normalized spacial score (nSPS) is 10.8. The number of anilines is 2. The Morgan fingerprint density at radius 2 is 1.83 bits per heavy atom. The second kappa shape index (κ2) is 11.4. The highest BCUT2D eigenvalue weighted by atomic mass is 79.9.